The molecule has 2 heterocycles. The van der Waals surface area contributed by atoms with Crippen LogP contribution in [0.15, 0.2) is 35.6 Å². The van der Waals surface area contributed by atoms with E-state index in [1.807, 2.05) is 13.8 Å². The van der Waals surface area contributed by atoms with Crippen molar-refractivity contribution < 1.29 is 23.4 Å². The van der Waals surface area contributed by atoms with Crippen LogP contribution in [0.1, 0.15) is 29.9 Å². The number of anilines is 1. The number of hydrogen-bond donors (Lipinski definition) is 2. The lowest BCUT2D eigenvalue weighted by molar-refractivity contribution is 0.0162. The number of halogens is 1. The largest absolute Gasteiger partial charge is 0.480 e. The number of amidine groups is 1. The number of nitrogens with zero attached hydrogens (tertiary/aromatic N) is 3. The number of hydrogen-bond acceptors (Lipinski definition) is 8. The van der Waals surface area contributed by atoms with Gasteiger partial charge in [-0.2, -0.15) is 0 Å². The number of nitrogens with two attached hydrogens (primary N) is 1. The molecule has 0 bridgehead atoms. The van der Waals surface area contributed by atoms with Gasteiger partial charge in [0, 0.05) is 24.3 Å². The molecule has 1 amide bonds. The Balaban J connectivity index is 1.97. The van der Waals surface area contributed by atoms with E-state index < -0.39 is 17.3 Å². The van der Waals surface area contributed by atoms with Crippen molar-refractivity contribution in [3.05, 3.63) is 47.7 Å². The number of benzene rings is 1. The molecule has 0 aliphatic carbocycles. The Morgan fingerprint density at radius 1 is 1.30 bits per heavy atom. The summed E-state index contributed by atoms with van der Waals surface area (Å²) in [5.41, 5.74) is 5.44. The first-order chi connectivity index (χ1) is 14.3. The monoisotopic (exact) mass is 417 g/mol. The topological polar surface area (TPSA) is 121 Å². The molecule has 1 aromatic carbocycles. The lowest BCUT2D eigenvalue weighted by Gasteiger charge is -2.42. The maximum absolute atomic E-state index is 14.9. The molecule has 0 fully saturated rings. The molecule has 3 rings (SSSR count). The average Bonchev–Trinajstić information content (AvgIpc) is 2.73. The summed E-state index contributed by atoms with van der Waals surface area (Å²) in [5.74, 6) is -0.959. The minimum Gasteiger partial charge on any atom is -0.480 e. The van der Waals surface area contributed by atoms with Gasteiger partial charge in [0.25, 0.3) is 11.9 Å². The number of nitrogens with one attached hydrogen (secondary N) is 1. The van der Waals surface area contributed by atoms with Crippen LogP contribution >= 0.6 is 0 Å². The van der Waals surface area contributed by atoms with E-state index in [1.54, 1.807) is 0 Å². The number of methoxy groups -OCH3 is 2. The Hall–Kier alpha value is -3.27. The van der Waals surface area contributed by atoms with E-state index in [0.29, 0.717) is 5.69 Å². The van der Waals surface area contributed by atoms with E-state index >= 15 is 0 Å². The van der Waals surface area contributed by atoms with Crippen LogP contribution in [-0.4, -0.2) is 48.8 Å². The van der Waals surface area contributed by atoms with Gasteiger partial charge in [0.1, 0.15) is 23.2 Å². The van der Waals surface area contributed by atoms with Crippen LogP contribution in [0.5, 0.6) is 5.88 Å². The van der Waals surface area contributed by atoms with Crippen molar-refractivity contribution in [1.82, 2.24) is 9.97 Å². The van der Waals surface area contributed by atoms with Gasteiger partial charge in [0.05, 0.1) is 26.1 Å². The van der Waals surface area contributed by atoms with Crippen molar-refractivity contribution >= 4 is 17.6 Å². The predicted octanol–water partition coefficient (Wildman–Crippen LogP) is 2.09. The van der Waals surface area contributed by atoms with E-state index in [1.165, 1.54) is 44.8 Å². The lowest BCUT2D eigenvalue weighted by Crippen LogP contribution is -2.49. The summed E-state index contributed by atoms with van der Waals surface area (Å²) in [5, 5.41) is 2.70. The minimum atomic E-state index is -1.11. The Morgan fingerprint density at radius 3 is 2.70 bits per heavy atom. The third-order valence-electron chi connectivity index (χ3n) is 5.20. The first kappa shape index (κ1) is 21.4. The standard InChI is InChI=1S/C20H24FN5O4/c1-11-12(2)30-19(22)26-20(11,10-28-3)14-7-13(5-6-15(14)21)25-18(27)16-8-24-17(29-4)9-23-16/h5-9,11-12H,10H2,1-4H3,(H2,22,26)(H,25,27)/t11-,12?,20-/m1/s1. The van der Waals surface area contributed by atoms with Crippen LogP contribution in [0.2, 0.25) is 0 Å². The molecule has 0 saturated heterocycles. The molecule has 10 heteroatoms. The molecule has 1 aliphatic rings. The van der Waals surface area contributed by atoms with Gasteiger partial charge in [-0.15, -0.1) is 0 Å². The Kier molecular flexibility index (Phi) is 6.16. The van der Waals surface area contributed by atoms with E-state index in [4.69, 9.17) is 19.9 Å². The number of aromatic nitrogens is 2. The molecular weight excluding hydrogens is 393 g/mol. The summed E-state index contributed by atoms with van der Waals surface area (Å²) in [6, 6.07) is 4.20. The highest BCUT2D eigenvalue weighted by molar-refractivity contribution is 6.02. The molecule has 0 radical (unpaired) electrons. The Morgan fingerprint density at radius 2 is 2.07 bits per heavy atom. The third kappa shape index (κ3) is 4.04. The van der Waals surface area contributed by atoms with Crippen molar-refractivity contribution in [1.29, 1.82) is 0 Å². The summed E-state index contributed by atoms with van der Waals surface area (Å²) >= 11 is 0. The van der Waals surface area contributed by atoms with E-state index in [0.717, 1.165) is 0 Å². The Bertz CT molecular complexity index is 953. The van der Waals surface area contributed by atoms with Crippen molar-refractivity contribution in [3.63, 3.8) is 0 Å². The van der Waals surface area contributed by atoms with Gasteiger partial charge in [0.15, 0.2) is 0 Å². The van der Waals surface area contributed by atoms with E-state index in [2.05, 4.69) is 20.3 Å². The number of rotatable bonds is 6. The first-order valence-corrected chi connectivity index (χ1v) is 9.29. The predicted molar refractivity (Wildman–Crippen MR) is 108 cm³/mol. The van der Waals surface area contributed by atoms with Gasteiger partial charge >= 0.3 is 0 Å². The van der Waals surface area contributed by atoms with Crippen LogP contribution < -0.4 is 15.8 Å². The molecule has 1 unspecified atom stereocenters. The van der Waals surface area contributed by atoms with Gasteiger partial charge in [-0.25, -0.2) is 19.4 Å². The molecule has 3 atom stereocenters. The highest BCUT2D eigenvalue weighted by Gasteiger charge is 2.47. The molecule has 9 nitrogen and oxygen atoms in total. The molecule has 30 heavy (non-hydrogen) atoms. The number of aliphatic imine (C=N–C) groups is 1. The van der Waals surface area contributed by atoms with Crippen LogP contribution in [0, 0.1) is 11.7 Å². The van der Waals surface area contributed by atoms with Crippen molar-refractivity contribution in [3.8, 4) is 5.88 Å². The average molecular weight is 417 g/mol. The normalized spacial score (nSPS) is 23.3. The highest BCUT2D eigenvalue weighted by Crippen LogP contribution is 2.42. The second kappa shape index (κ2) is 8.62. The number of carbonyl (C=O) groups excluding carboxylic acids is 1. The second-order valence-corrected chi connectivity index (χ2v) is 7.01. The lowest BCUT2D eigenvalue weighted by atomic mass is 9.76. The van der Waals surface area contributed by atoms with Crippen LogP contribution in [0.4, 0.5) is 10.1 Å². The summed E-state index contributed by atoms with van der Waals surface area (Å²) in [6.45, 7) is 3.81. The fourth-order valence-electron chi connectivity index (χ4n) is 3.44. The molecule has 0 saturated carbocycles. The van der Waals surface area contributed by atoms with Gasteiger partial charge in [-0.05, 0) is 25.1 Å². The molecule has 160 valence electrons. The molecule has 1 aliphatic heterocycles. The number of carbonyl (C=O) groups is 1. The van der Waals surface area contributed by atoms with E-state index in [-0.39, 0.29) is 41.8 Å². The maximum Gasteiger partial charge on any atom is 0.283 e. The second-order valence-electron chi connectivity index (χ2n) is 7.01. The molecule has 2 aromatic rings. The molecule has 0 spiro atoms. The Labute approximate surface area is 173 Å². The van der Waals surface area contributed by atoms with Gasteiger partial charge in [-0.3, -0.25) is 4.79 Å². The smallest absolute Gasteiger partial charge is 0.283 e. The summed E-state index contributed by atoms with van der Waals surface area (Å²) in [4.78, 5) is 24.9. The number of amides is 1. The SMILES string of the molecule is COC[C@@]1(c2cc(NC(=O)c3cnc(OC)cn3)ccc2F)N=C(N)OC(C)[C@H]1C. The molecule has 3 N–H and O–H groups in total. The van der Waals surface area contributed by atoms with Gasteiger partial charge in [-0.1, -0.05) is 6.92 Å². The van der Waals surface area contributed by atoms with Crippen LogP contribution in [0.3, 0.4) is 0 Å². The maximum atomic E-state index is 14.9. The fraction of sp³-hybridized carbons (Fsp3) is 0.400. The number of ether oxygens (including phenoxy) is 3. The van der Waals surface area contributed by atoms with Crippen molar-refractivity contribution in [2.24, 2.45) is 16.6 Å². The zero-order valence-electron chi connectivity index (χ0n) is 17.2. The molecular formula is C20H24FN5O4. The van der Waals surface area contributed by atoms with E-state index in [9.17, 15) is 9.18 Å². The molecule has 1 aromatic heterocycles. The zero-order chi connectivity index (χ0) is 21.9. The first-order valence-electron chi connectivity index (χ1n) is 9.29. The van der Waals surface area contributed by atoms with Gasteiger partial charge < -0.3 is 25.3 Å². The van der Waals surface area contributed by atoms with Crippen molar-refractivity contribution in [2.45, 2.75) is 25.5 Å². The van der Waals surface area contributed by atoms with Crippen LogP contribution in [-0.2, 0) is 15.0 Å². The summed E-state index contributed by atoms with van der Waals surface area (Å²) in [7, 11) is 2.96. The minimum absolute atomic E-state index is 0.0417. The van der Waals surface area contributed by atoms with Crippen LogP contribution in [0.25, 0.3) is 0 Å². The quantitative estimate of drug-likeness (QED) is 0.738. The van der Waals surface area contributed by atoms with Gasteiger partial charge in [0.2, 0.25) is 5.88 Å². The van der Waals surface area contributed by atoms with Crippen molar-refractivity contribution in [2.75, 3.05) is 26.1 Å². The fourth-order valence-corrected chi connectivity index (χ4v) is 3.44. The zero-order valence-corrected chi connectivity index (χ0v) is 17.2. The third-order valence-corrected chi connectivity index (χ3v) is 5.20. The summed E-state index contributed by atoms with van der Waals surface area (Å²) in [6.07, 6.45) is 2.31. The highest BCUT2D eigenvalue weighted by atomic mass is 19.1. The summed E-state index contributed by atoms with van der Waals surface area (Å²) < 4.78 is 30.7.